The van der Waals surface area contributed by atoms with Crippen molar-refractivity contribution in [1.82, 2.24) is 0 Å². The van der Waals surface area contributed by atoms with Gasteiger partial charge in [0.1, 0.15) is 0 Å². The molecule has 29 heavy (non-hydrogen) atoms. The van der Waals surface area contributed by atoms with Crippen molar-refractivity contribution in [2.75, 3.05) is 6.61 Å². The van der Waals surface area contributed by atoms with Gasteiger partial charge in [-0.15, -0.1) is 6.58 Å². The SMILES string of the molecule is C=CCCC(C)CC(C)C(N=C(c1ccccc1)c1ccccc1)C(=O)OCC. The highest BCUT2D eigenvalue weighted by atomic mass is 16.5. The molecule has 0 heterocycles. The third-order valence-corrected chi connectivity index (χ3v) is 5.07. The molecular formula is C26H33NO2. The standard InChI is InChI=1S/C26H33NO2/c1-5-7-14-20(3)19-21(4)24(26(28)29-6-2)27-25(22-15-10-8-11-16-22)23-17-12-9-13-18-23/h5,8-13,15-18,20-21,24H,1,6-7,14,19H2,2-4H3. The van der Waals surface area contributed by atoms with Crippen LogP contribution in [0.25, 0.3) is 0 Å². The van der Waals surface area contributed by atoms with Crippen LogP contribution >= 0.6 is 0 Å². The van der Waals surface area contributed by atoms with Gasteiger partial charge in [0, 0.05) is 11.1 Å². The monoisotopic (exact) mass is 391 g/mol. The summed E-state index contributed by atoms with van der Waals surface area (Å²) in [7, 11) is 0. The van der Waals surface area contributed by atoms with Crippen molar-refractivity contribution in [1.29, 1.82) is 0 Å². The van der Waals surface area contributed by atoms with Crippen molar-refractivity contribution in [3.05, 3.63) is 84.4 Å². The lowest BCUT2D eigenvalue weighted by Gasteiger charge is -2.23. The van der Waals surface area contributed by atoms with E-state index in [4.69, 9.17) is 9.73 Å². The Morgan fingerprint density at radius 3 is 2.07 bits per heavy atom. The molecule has 3 nitrogen and oxygen atoms in total. The van der Waals surface area contributed by atoms with E-state index in [2.05, 4.69) is 20.4 Å². The lowest BCUT2D eigenvalue weighted by molar-refractivity contribution is -0.145. The first-order chi connectivity index (χ1) is 14.1. The van der Waals surface area contributed by atoms with Gasteiger partial charge in [-0.05, 0) is 38.0 Å². The second-order valence-electron chi connectivity index (χ2n) is 7.59. The summed E-state index contributed by atoms with van der Waals surface area (Å²) in [6.45, 7) is 10.3. The number of hydrogen-bond donors (Lipinski definition) is 0. The van der Waals surface area contributed by atoms with Crippen LogP contribution < -0.4 is 0 Å². The van der Waals surface area contributed by atoms with Crippen molar-refractivity contribution < 1.29 is 9.53 Å². The molecule has 2 aromatic carbocycles. The average Bonchev–Trinajstić information content (AvgIpc) is 2.74. The Hall–Kier alpha value is -2.68. The Bertz CT molecular complexity index is 741. The number of ether oxygens (including phenoxy) is 1. The Morgan fingerprint density at radius 2 is 1.59 bits per heavy atom. The van der Waals surface area contributed by atoms with Crippen LogP contribution in [0.1, 0.15) is 51.2 Å². The minimum Gasteiger partial charge on any atom is -0.464 e. The number of carbonyl (C=O) groups is 1. The largest absolute Gasteiger partial charge is 0.464 e. The maximum absolute atomic E-state index is 12.8. The third kappa shape index (κ3) is 7.01. The topological polar surface area (TPSA) is 38.7 Å². The Labute approximate surface area is 175 Å². The molecule has 0 saturated heterocycles. The fraction of sp³-hybridized carbons (Fsp3) is 0.385. The van der Waals surface area contributed by atoms with E-state index in [1.54, 1.807) is 0 Å². The quantitative estimate of drug-likeness (QED) is 0.264. The van der Waals surface area contributed by atoms with Gasteiger partial charge in [0.2, 0.25) is 0 Å². The molecule has 0 bridgehead atoms. The molecule has 0 fully saturated rings. The highest BCUT2D eigenvalue weighted by Gasteiger charge is 2.28. The van der Waals surface area contributed by atoms with E-state index in [0.717, 1.165) is 36.1 Å². The van der Waals surface area contributed by atoms with Crippen molar-refractivity contribution in [3.8, 4) is 0 Å². The van der Waals surface area contributed by atoms with E-state index in [9.17, 15) is 4.79 Å². The summed E-state index contributed by atoms with van der Waals surface area (Å²) in [5.41, 5.74) is 2.83. The van der Waals surface area contributed by atoms with Gasteiger partial charge in [-0.1, -0.05) is 80.6 Å². The first kappa shape index (κ1) is 22.6. The fourth-order valence-corrected chi connectivity index (χ4v) is 3.57. The second-order valence-corrected chi connectivity index (χ2v) is 7.59. The summed E-state index contributed by atoms with van der Waals surface area (Å²) in [5.74, 6) is 0.323. The molecule has 0 aromatic heterocycles. The molecule has 3 heteroatoms. The smallest absolute Gasteiger partial charge is 0.331 e. The lowest BCUT2D eigenvalue weighted by atomic mass is 9.88. The number of rotatable bonds is 11. The molecule has 0 amide bonds. The minimum atomic E-state index is -0.531. The lowest BCUT2D eigenvalue weighted by Crippen LogP contribution is -2.31. The summed E-state index contributed by atoms with van der Waals surface area (Å²) in [6.07, 6.45) is 4.92. The van der Waals surface area contributed by atoms with Crippen molar-refractivity contribution in [2.45, 2.75) is 46.1 Å². The molecule has 0 spiro atoms. The van der Waals surface area contributed by atoms with Gasteiger partial charge in [0.25, 0.3) is 0 Å². The average molecular weight is 392 g/mol. The van der Waals surface area contributed by atoms with Gasteiger partial charge in [0.15, 0.2) is 6.04 Å². The summed E-state index contributed by atoms with van der Waals surface area (Å²) >= 11 is 0. The van der Waals surface area contributed by atoms with Crippen LogP contribution in [-0.2, 0) is 9.53 Å². The predicted octanol–water partition coefficient (Wildman–Crippen LogP) is 6.08. The van der Waals surface area contributed by atoms with Crippen LogP contribution in [-0.4, -0.2) is 24.3 Å². The zero-order chi connectivity index (χ0) is 21.1. The molecule has 0 N–H and O–H groups in total. The summed E-state index contributed by atoms with van der Waals surface area (Å²) in [5, 5.41) is 0. The van der Waals surface area contributed by atoms with Gasteiger partial charge < -0.3 is 4.74 Å². The number of benzene rings is 2. The number of allylic oxidation sites excluding steroid dienone is 1. The first-order valence-corrected chi connectivity index (χ1v) is 10.5. The number of esters is 1. The van der Waals surface area contributed by atoms with Crippen LogP contribution in [0.3, 0.4) is 0 Å². The Kier molecular flexibility index (Phi) is 9.36. The highest BCUT2D eigenvalue weighted by molar-refractivity contribution is 6.13. The van der Waals surface area contributed by atoms with E-state index >= 15 is 0 Å². The molecule has 0 radical (unpaired) electrons. The van der Waals surface area contributed by atoms with Crippen LogP contribution in [0.2, 0.25) is 0 Å². The van der Waals surface area contributed by atoms with Crippen LogP contribution in [0.5, 0.6) is 0 Å². The van der Waals surface area contributed by atoms with Crippen LogP contribution in [0.15, 0.2) is 78.3 Å². The molecule has 2 rings (SSSR count). The van der Waals surface area contributed by atoms with E-state index in [-0.39, 0.29) is 11.9 Å². The van der Waals surface area contributed by atoms with Gasteiger partial charge in [0.05, 0.1) is 12.3 Å². The van der Waals surface area contributed by atoms with Crippen molar-refractivity contribution in [2.24, 2.45) is 16.8 Å². The van der Waals surface area contributed by atoms with Crippen molar-refractivity contribution >= 4 is 11.7 Å². The Morgan fingerprint density at radius 1 is 1.03 bits per heavy atom. The predicted molar refractivity (Wildman–Crippen MR) is 121 cm³/mol. The van der Waals surface area contributed by atoms with Gasteiger partial charge in [-0.3, -0.25) is 4.99 Å². The Balaban J connectivity index is 2.41. The molecule has 0 saturated carbocycles. The number of carbonyl (C=O) groups excluding carboxylic acids is 1. The van der Waals surface area contributed by atoms with Gasteiger partial charge in [-0.2, -0.15) is 0 Å². The third-order valence-electron chi connectivity index (χ3n) is 5.07. The number of hydrogen-bond acceptors (Lipinski definition) is 3. The van der Waals surface area contributed by atoms with Crippen LogP contribution in [0.4, 0.5) is 0 Å². The second kappa shape index (κ2) is 12.0. The maximum atomic E-state index is 12.8. The molecule has 3 unspecified atom stereocenters. The zero-order valence-corrected chi connectivity index (χ0v) is 17.9. The van der Waals surface area contributed by atoms with Gasteiger partial charge in [-0.25, -0.2) is 4.79 Å². The summed E-state index contributed by atoms with van der Waals surface area (Å²) < 4.78 is 5.40. The molecule has 0 aliphatic rings. The highest BCUT2D eigenvalue weighted by Crippen LogP contribution is 2.24. The maximum Gasteiger partial charge on any atom is 0.331 e. The van der Waals surface area contributed by atoms with Crippen molar-refractivity contribution in [3.63, 3.8) is 0 Å². The fourth-order valence-electron chi connectivity index (χ4n) is 3.57. The minimum absolute atomic E-state index is 0.0799. The molecule has 154 valence electrons. The zero-order valence-electron chi connectivity index (χ0n) is 17.9. The first-order valence-electron chi connectivity index (χ1n) is 10.5. The normalized spacial score (nSPS) is 13.8. The van der Waals surface area contributed by atoms with Gasteiger partial charge >= 0.3 is 5.97 Å². The molecule has 3 atom stereocenters. The number of aliphatic imine (C=N–C) groups is 1. The van der Waals surface area contributed by atoms with E-state index < -0.39 is 6.04 Å². The summed E-state index contributed by atoms with van der Waals surface area (Å²) in [6, 6.07) is 19.5. The molecular weight excluding hydrogens is 358 g/mol. The molecule has 0 aliphatic heterocycles. The van der Waals surface area contributed by atoms with E-state index in [0.29, 0.717) is 12.5 Å². The summed E-state index contributed by atoms with van der Waals surface area (Å²) in [4.78, 5) is 17.8. The van der Waals surface area contributed by atoms with E-state index in [1.807, 2.05) is 73.7 Å². The van der Waals surface area contributed by atoms with E-state index in [1.165, 1.54) is 0 Å². The molecule has 0 aliphatic carbocycles. The number of nitrogens with zero attached hydrogens (tertiary/aromatic N) is 1. The molecule has 2 aromatic rings. The van der Waals surface area contributed by atoms with Crippen LogP contribution in [0, 0.1) is 11.8 Å².